The number of carbonyl (C=O) groups excluding carboxylic acids is 1. The smallest absolute Gasteiger partial charge is 0.233 e. The Labute approximate surface area is 189 Å². The number of ether oxygens (including phenoxy) is 2. The molecule has 0 N–H and O–H groups in total. The van der Waals surface area contributed by atoms with Crippen molar-refractivity contribution in [2.45, 2.75) is 18.3 Å². The zero-order valence-corrected chi connectivity index (χ0v) is 18.9. The predicted molar refractivity (Wildman–Crippen MR) is 117 cm³/mol. The SMILES string of the molecule is COc1ccc(CN(C)C(=O)CSc2nnc(COc3ccccc3Cl)n2C)cc1F. The molecule has 0 aliphatic heterocycles. The normalized spacial score (nSPS) is 10.7. The maximum Gasteiger partial charge on any atom is 0.233 e. The van der Waals surface area contributed by atoms with Crippen LogP contribution in [0.3, 0.4) is 0 Å². The van der Waals surface area contributed by atoms with Crippen molar-refractivity contribution in [1.82, 2.24) is 19.7 Å². The third-order valence-corrected chi connectivity index (χ3v) is 5.82. The highest BCUT2D eigenvalue weighted by atomic mass is 35.5. The van der Waals surface area contributed by atoms with Crippen molar-refractivity contribution in [3.63, 3.8) is 0 Å². The Morgan fingerprint density at radius 1 is 1.23 bits per heavy atom. The van der Waals surface area contributed by atoms with Gasteiger partial charge in [0.05, 0.1) is 17.9 Å². The molecule has 3 aromatic rings. The van der Waals surface area contributed by atoms with Gasteiger partial charge in [-0.05, 0) is 29.8 Å². The predicted octanol–water partition coefficient (Wildman–Crippen LogP) is 3.95. The molecule has 7 nitrogen and oxygen atoms in total. The van der Waals surface area contributed by atoms with E-state index < -0.39 is 5.82 Å². The average molecular weight is 465 g/mol. The Morgan fingerprint density at radius 3 is 2.71 bits per heavy atom. The summed E-state index contributed by atoms with van der Waals surface area (Å²) in [5, 5.41) is 9.36. The Balaban J connectivity index is 1.53. The molecule has 0 unspecified atom stereocenters. The second-order valence-electron chi connectivity index (χ2n) is 6.68. The van der Waals surface area contributed by atoms with E-state index in [4.69, 9.17) is 21.1 Å². The molecule has 0 atom stereocenters. The Kier molecular flexibility index (Phi) is 7.75. The van der Waals surface area contributed by atoms with Gasteiger partial charge >= 0.3 is 0 Å². The highest BCUT2D eigenvalue weighted by Crippen LogP contribution is 2.24. The van der Waals surface area contributed by atoms with E-state index in [2.05, 4.69) is 10.2 Å². The molecule has 2 aromatic carbocycles. The Bertz CT molecular complexity index is 1060. The van der Waals surface area contributed by atoms with Crippen molar-refractivity contribution in [2.24, 2.45) is 7.05 Å². The van der Waals surface area contributed by atoms with Crippen LogP contribution in [0, 0.1) is 5.82 Å². The van der Waals surface area contributed by atoms with Crippen LogP contribution in [0.5, 0.6) is 11.5 Å². The zero-order valence-electron chi connectivity index (χ0n) is 17.3. The lowest BCUT2D eigenvalue weighted by atomic mass is 10.2. The van der Waals surface area contributed by atoms with Crippen molar-refractivity contribution >= 4 is 29.3 Å². The number of rotatable bonds is 9. The first kappa shape index (κ1) is 22.9. The lowest BCUT2D eigenvalue weighted by molar-refractivity contribution is -0.127. The van der Waals surface area contributed by atoms with E-state index in [-0.39, 0.29) is 30.6 Å². The molecule has 1 aromatic heterocycles. The number of hydrogen-bond donors (Lipinski definition) is 0. The molecular weight excluding hydrogens is 443 g/mol. The molecular formula is C21H22ClFN4O3S. The van der Waals surface area contributed by atoms with Crippen molar-refractivity contribution in [1.29, 1.82) is 0 Å². The monoisotopic (exact) mass is 464 g/mol. The van der Waals surface area contributed by atoms with Crippen LogP contribution in [0.25, 0.3) is 0 Å². The highest BCUT2D eigenvalue weighted by molar-refractivity contribution is 7.99. The van der Waals surface area contributed by atoms with Gasteiger partial charge in [0, 0.05) is 20.6 Å². The van der Waals surface area contributed by atoms with Crippen LogP contribution in [0.15, 0.2) is 47.6 Å². The highest BCUT2D eigenvalue weighted by Gasteiger charge is 2.15. The molecule has 0 spiro atoms. The molecule has 3 rings (SSSR count). The number of methoxy groups -OCH3 is 1. The molecule has 0 radical (unpaired) electrons. The van der Waals surface area contributed by atoms with E-state index in [9.17, 15) is 9.18 Å². The van der Waals surface area contributed by atoms with Gasteiger partial charge in [-0.25, -0.2) is 4.39 Å². The van der Waals surface area contributed by atoms with Crippen LogP contribution >= 0.6 is 23.4 Å². The maximum atomic E-state index is 13.8. The van der Waals surface area contributed by atoms with E-state index in [0.717, 1.165) is 0 Å². The van der Waals surface area contributed by atoms with Gasteiger partial charge in [0.1, 0.15) is 12.4 Å². The fourth-order valence-electron chi connectivity index (χ4n) is 2.71. The third-order valence-electron chi connectivity index (χ3n) is 4.50. The van der Waals surface area contributed by atoms with Gasteiger partial charge in [-0.2, -0.15) is 0 Å². The molecule has 0 saturated carbocycles. The van der Waals surface area contributed by atoms with Gasteiger partial charge in [-0.3, -0.25) is 4.79 Å². The van der Waals surface area contributed by atoms with Gasteiger partial charge < -0.3 is 18.9 Å². The van der Waals surface area contributed by atoms with Crippen LogP contribution in [0.2, 0.25) is 5.02 Å². The first-order chi connectivity index (χ1) is 14.9. The van der Waals surface area contributed by atoms with Crippen LogP contribution in [-0.2, 0) is 25.0 Å². The minimum Gasteiger partial charge on any atom is -0.494 e. The van der Waals surface area contributed by atoms with Gasteiger partial charge in [0.2, 0.25) is 5.91 Å². The molecule has 0 bridgehead atoms. The molecule has 164 valence electrons. The van der Waals surface area contributed by atoms with Gasteiger partial charge in [0.25, 0.3) is 0 Å². The number of thioether (sulfide) groups is 1. The van der Waals surface area contributed by atoms with E-state index in [1.807, 2.05) is 19.2 Å². The summed E-state index contributed by atoms with van der Waals surface area (Å²) in [6.45, 7) is 0.487. The number of para-hydroxylation sites is 1. The Morgan fingerprint density at radius 2 is 2.00 bits per heavy atom. The summed E-state index contributed by atoms with van der Waals surface area (Å²) in [7, 11) is 4.89. The zero-order chi connectivity index (χ0) is 22.4. The standard InChI is InChI=1S/C21H22ClFN4O3S/c1-26(11-14-8-9-18(29-3)16(23)10-14)20(28)13-31-21-25-24-19(27(21)2)12-30-17-7-5-4-6-15(17)22/h4-10H,11-13H2,1-3H3. The van der Waals surface area contributed by atoms with E-state index in [1.165, 1.54) is 29.8 Å². The van der Waals surface area contributed by atoms with Crippen molar-refractivity contribution in [3.05, 3.63) is 64.7 Å². The maximum absolute atomic E-state index is 13.8. The lowest BCUT2D eigenvalue weighted by Crippen LogP contribution is -2.28. The van der Waals surface area contributed by atoms with E-state index in [0.29, 0.717) is 27.3 Å². The van der Waals surface area contributed by atoms with Gasteiger partial charge in [-0.15, -0.1) is 10.2 Å². The third kappa shape index (κ3) is 5.89. The summed E-state index contributed by atoms with van der Waals surface area (Å²) < 4.78 is 26.2. The molecule has 10 heteroatoms. The first-order valence-electron chi connectivity index (χ1n) is 9.33. The van der Waals surface area contributed by atoms with Crippen molar-refractivity contribution < 1.29 is 18.7 Å². The molecule has 0 saturated heterocycles. The minimum atomic E-state index is -0.458. The minimum absolute atomic E-state index is 0.113. The summed E-state index contributed by atoms with van der Waals surface area (Å²) in [4.78, 5) is 14.0. The number of halogens is 2. The molecule has 0 aliphatic rings. The quantitative estimate of drug-likeness (QED) is 0.447. The van der Waals surface area contributed by atoms with E-state index in [1.54, 1.807) is 35.9 Å². The van der Waals surface area contributed by atoms with Crippen LogP contribution in [-0.4, -0.2) is 45.5 Å². The summed E-state index contributed by atoms with van der Waals surface area (Å²) >= 11 is 7.36. The number of nitrogens with zero attached hydrogens (tertiary/aromatic N) is 4. The second-order valence-corrected chi connectivity index (χ2v) is 8.03. The van der Waals surface area contributed by atoms with Crippen LogP contribution in [0.4, 0.5) is 4.39 Å². The molecule has 0 aliphatic carbocycles. The van der Waals surface area contributed by atoms with Crippen molar-refractivity contribution in [2.75, 3.05) is 19.9 Å². The van der Waals surface area contributed by atoms with Crippen LogP contribution < -0.4 is 9.47 Å². The number of benzene rings is 2. The number of amides is 1. The topological polar surface area (TPSA) is 69.5 Å². The number of carbonyl (C=O) groups is 1. The fourth-order valence-corrected chi connectivity index (χ4v) is 3.77. The Hall–Kier alpha value is -2.78. The molecule has 1 amide bonds. The van der Waals surface area contributed by atoms with Crippen molar-refractivity contribution in [3.8, 4) is 11.5 Å². The van der Waals surface area contributed by atoms with Gasteiger partial charge in [-0.1, -0.05) is 41.6 Å². The summed E-state index contributed by atoms with van der Waals surface area (Å²) in [5.74, 6) is 0.945. The van der Waals surface area contributed by atoms with E-state index >= 15 is 0 Å². The molecule has 1 heterocycles. The fraction of sp³-hybridized carbons (Fsp3) is 0.286. The summed E-state index contributed by atoms with van der Waals surface area (Å²) in [5.41, 5.74) is 0.678. The average Bonchev–Trinajstić information content (AvgIpc) is 3.11. The molecule has 0 fully saturated rings. The number of hydrogen-bond acceptors (Lipinski definition) is 6. The van der Waals surface area contributed by atoms with Gasteiger partial charge in [0.15, 0.2) is 22.5 Å². The number of aromatic nitrogens is 3. The first-order valence-corrected chi connectivity index (χ1v) is 10.7. The molecule has 31 heavy (non-hydrogen) atoms. The second kappa shape index (κ2) is 10.5. The largest absolute Gasteiger partial charge is 0.494 e. The lowest BCUT2D eigenvalue weighted by Gasteiger charge is -2.17. The summed E-state index contributed by atoms with van der Waals surface area (Å²) in [6.07, 6.45) is 0. The van der Waals surface area contributed by atoms with Crippen LogP contribution in [0.1, 0.15) is 11.4 Å². The summed E-state index contributed by atoms with van der Waals surface area (Å²) in [6, 6.07) is 11.8.